The van der Waals surface area contributed by atoms with Gasteiger partial charge in [-0.2, -0.15) is 5.26 Å². The van der Waals surface area contributed by atoms with Gasteiger partial charge in [0.2, 0.25) is 0 Å². The highest BCUT2D eigenvalue weighted by Gasteiger charge is 2.09. The molecule has 0 heterocycles. The Bertz CT molecular complexity index is 315. The molecule has 0 fully saturated rings. The lowest BCUT2D eigenvalue weighted by Crippen LogP contribution is -2.00. The molecule has 0 aromatic heterocycles. The number of hydrogen-bond donors (Lipinski definition) is 0. The number of methoxy groups -OCH3 is 1. The fourth-order valence-corrected chi connectivity index (χ4v) is 1.42. The minimum atomic E-state index is -0.00748. The maximum atomic E-state index is 8.48. The molecule has 0 spiro atoms. The summed E-state index contributed by atoms with van der Waals surface area (Å²) in [7, 11) is 1.65. The number of nitrogens with zero attached hydrogens (tertiary/aromatic N) is 1. The Morgan fingerprint density at radius 2 is 2.07 bits per heavy atom. The topological polar surface area (TPSA) is 33.0 Å². The number of nitriles is 1. The van der Waals surface area contributed by atoms with Crippen LogP contribution in [0.2, 0.25) is 5.02 Å². The van der Waals surface area contributed by atoms with E-state index in [1.165, 1.54) is 0 Å². The summed E-state index contributed by atoms with van der Waals surface area (Å²) in [6, 6.07) is 9.61. The van der Waals surface area contributed by atoms with Crippen molar-refractivity contribution >= 4 is 11.6 Å². The first-order chi connectivity index (χ1) is 6.77. The Kier molecular flexibility index (Phi) is 4.45. The molecule has 0 saturated carbocycles. The molecule has 74 valence electrons. The molecule has 3 heteroatoms. The van der Waals surface area contributed by atoms with E-state index < -0.39 is 0 Å². The molecule has 0 unspecified atom stereocenters. The van der Waals surface area contributed by atoms with Crippen LogP contribution in [0, 0.1) is 11.3 Å². The zero-order valence-electron chi connectivity index (χ0n) is 8.03. The first kappa shape index (κ1) is 11.0. The van der Waals surface area contributed by atoms with Crippen molar-refractivity contribution in [2.45, 2.75) is 18.9 Å². The van der Waals surface area contributed by atoms with Crippen molar-refractivity contribution in [1.82, 2.24) is 0 Å². The molecule has 0 aliphatic heterocycles. The monoisotopic (exact) mass is 209 g/mol. The highest BCUT2D eigenvalue weighted by atomic mass is 35.5. The van der Waals surface area contributed by atoms with Gasteiger partial charge in [-0.15, -0.1) is 0 Å². The van der Waals surface area contributed by atoms with Crippen LogP contribution in [0.4, 0.5) is 0 Å². The summed E-state index contributed by atoms with van der Waals surface area (Å²) < 4.78 is 5.28. The molecule has 1 atom stereocenters. The Labute approximate surface area is 89.1 Å². The predicted molar refractivity (Wildman–Crippen MR) is 56.0 cm³/mol. The van der Waals surface area contributed by atoms with Crippen LogP contribution >= 0.6 is 11.6 Å². The van der Waals surface area contributed by atoms with Crippen molar-refractivity contribution in [3.05, 3.63) is 34.9 Å². The molecular weight excluding hydrogens is 198 g/mol. The third-order valence-electron chi connectivity index (χ3n) is 2.04. The third kappa shape index (κ3) is 3.02. The highest BCUT2D eigenvalue weighted by Crippen LogP contribution is 2.23. The zero-order chi connectivity index (χ0) is 10.4. The van der Waals surface area contributed by atoms with E-state index in [-0.39, 0.29) is 6.10 Å². The summed E-state index contributed by atoms with van der Waals surface area (Å²) in [5.41, 5.74) is 1.06. The van der Waals surface area contributed by atoms with E-state index >= 15 is 0 Å². The molecule has 0 aliphatic rings. The van der Waals surface area contributed by atoms with Gasteiger partial charge in [-0.25, -0.2) is 0 Å². The molecule has 2 nitrogen and oxygen atoms in total. The number of hydrogen-bond acceptors (Lipinski definition) is 2. The molecule has 0 bridgehead atoms. The van der Waals surface area contributed by atoms with E-state index in [0.29, 0.717) is 17.9 Å². The van der Waals surface area contributed by atoms with Gasteiger partial charge >= 0.3 is 0 Å². The normalized spacial score (nSPS) is 12.1. The average Bonchev–Trinajstić information content (AvgIpc) is 2.21. The van der Waals surface area contributed by atoms with Crippen LogP contribution in [0.1, 0.15) is 24.5 Å². The largest absolute Gasteiger partial charge is 0.377 e. The second kappa shape index (κ2) is 5.64. The molecular formula is C11H12ClNO. The van der Waals surface area contributed by atoms with Gasteiger partial charge in [0.15, 0.2) is 0 Å². The van der Waals surface area contributed by atoms with Crippen molar-refractivity contribution in [2.75, 3.05) is 7.11 Å². The van der Waals surface area contributed by atoms with Gasteiger partial charge < -0.3 is 4.74 Å². The van der Waals surface area contributed by atoms with Crippen molar-refractivity contribution in [3.8, 4) is 6.07 Å². The lowest BCUT2D eigenvalue weighted by molar-refractivity contribution is 0.0969. The van der Waals surface area contributed by atoms with Crippen LogP contribution in [0.5, 0.6) is 0 Å². The molecule has 1 aromatic rings. The van der Waals surface area contributed by atoms with Crippen LogP contribution in [-0.4, -0.2) is 7.11 Å². The van der Waals surface area contributed by atoms with Gasteiger partial charge in [-0.05, 0) is 24.1 Å². The fourth-order valence-electron chi connectivity index (χ4n) is 1.29. The number of ether oxygens (including phenoxy) is 1. The quantitative estimate of drug-likeness (QED) is 0.762. The summed E-state index contributed by atoms with van der Waals surface area (Å²) in [5.74, 6) is 0. The van der Waals surface area contributed by atoms with Crippen LogP contribution in [0.25, 0.3) is 0 Å². The van der Waals surface area contributed by atoms with E-state index in [2.05, 4.69) is 6.07 Å². The van der Waals surface area contributed by atoms with Crippen LogP contribution in [0.3, 0.4) is 0 Å². The average molecular weight is 210 g/mol. The summed E-state index contributed by atoms with van der Waals surface area (Å²) in [4.78, 5) is 0. The molecule has 0 radical (unpaired) electrons. The third-order valence-corrected chi connectivity index (χ3v) is 2.30. The second-order valence-electron chi connectivity index (χ2n) is 2.97. The summed E-state index contributed by atoms with van der Waals surface area (Å²) >= 11 is 5.77. The summed E-state index contributed by atoms with van der Waals surface area (Å²) in [5, 5.41) is 9.19. The Morgan fingerprint density at radius 1 is 1.43 bits per heavy atom. The molecule has 0 aliphatic carbocycles. The van der Waals surface area contributed by atoms with E-state index in [9.17, 15) is 0 Å². The van der Waals surface area contributed by atoms with E-state index in [4.69, 9.17) is 21.6 Å². The number of halogens is 1. The zero-order valence-corrected chi connectivity index (χ0v) is 8.79. The van der Waals surface area contributed by atoms with Crippen LogP contribution in [0.15, 0.2) is 24.3 Å². The standard InChI is InChI=1S/C11H12ClNO/c1-14-11(3-2-8-13)9-4-6-10(12)7-5-9/h4-7,11H,2-3H2,1H3/t11-/m1/s1. The summed E-state index contributed by atoms with van der Waals surface area (Å²) in [6.45, 7) is 0. The van der Waals surface area contributed by atoms with Crippen LogP contribution in [-0.2, 0) is 4.74 Å². The number of rotatable bonds is 4. The maximum Gasteiger partial charge on any atom is 0.0831 e. The Morgan fingerprint density at radius 3 is 2.57 bits per heavy atom. The maximum absolute atomic E-state index is 8.48. The van der Waals surface area contributed by atoms with E-state index in [0.717, 1.165) is 5.56 Å². The Hall–Kier alpha value is -1.04. The van der Waals surface area contributed by atoms with Gasteiger partial charge in [0.1, 0.15) is 0 Å². The van der Waals surface area contributed by atoms with E-state index in [1.54, 1.807) is 7.11 Å². The minimum absolute atomic E-state index is 0.00748. The van der Waals surface area contributed by atoms with Crippen molar-refractivity contribution in [1.29, 1.82) is 5.26 Å². The molecule has 0 amide bonds. The first-order valence-corrected chi connectivity index (χ1v) is 4.81. The van der Waals surface area contributed by atoms with Gasteiger partial charge in [0.25, 0.3) is 0 Å². The molecule has 0 saturated heterocycles. The van der Waals surface area contributed by atoms with Crippen molar-refractivity contribution < 1.29 is 4.74 Å². The first-order valence-electron chi connectivity index (χ1n) is 4.43. The fraction of sp³-hybridized carbons (Fsp3) is 0.364. The van der Waals surface area contributed by atoms with Gasteiger partial charge in [-0.3, -0.25) is 0 Å². The highest BCUT2D eigenvalue weighted by molar-refractivity contribution is 6.30. The molecule has 0 N–H and O–H groups in total. The Balaban J connectivity index is 2.69. The SMILES string of the molecule is CO[C@H](CCC#N)c1ccc(Cl)cc1. The minimum Gasteiger partial charge on any atom is -0.377 e. The van der Waals surface area contributed by atoms with Gasteiger partial charge in [-0.1, -0.05) is 23.7 Å². The van der Waals surface area contributed by atoms with Crippen molar-refractivity contribution in [3.63, 3.8) is 0 Å². The number of benzene rings is 1. The lowest BCUT2D eigenvalue weighted by Gasteiger charge is -2.13. The van der Waals surface area contributed by atoms with Gasteiger partial charge in [0.05, 0.1) is 12.2 Å². The lowest BCUT2D eigenvalue weighted by atomic mass is 10.1. The predicted octanol–water partition coefficient (Wildman–Crippen LogP) is 3.33. The summed E-state index contributed by atoms with van der Waals surface area (Å²) in [6.07, 6.45) is 1.21. The smallest absolute Gasteiger partial charge is 0.0831 e. The molecule has 14 heavy (non-hydrogen) atoms. The van der Waals surface area contributed by atoms with Crippen molar-refractivity contribution in [2.24, 2.45) is 0 Å². The molecule has 1 aromatic carbocycles. The molecule has 1 rings (SSSR count). The van der Waals surface area contributed by atoms with E-state index in [1.807, 2.05) is 24.3 Å². The second-order valence-corrected chi connectivity index (χ2v) is 3.41. The van der Waals surface area contributed by atoms with Gasteiger partial charge in [0, 0.05) is 18.6 Å². The van der Waals surface area contributed by atoms with Crippen LogP contribution < -0.4 is 0 Å².